The Morgan fingerprint density at radius 2 is 1.86 bits per heavy atom. The molecule has 0 spiro atoms. The van der Waals surface area contributed by atoms with Gasteiger partial charge in [0, 0.05) is 5.57 Å². The van der Waals surface area contributed by atoms with Gasteiger partial charge >= 0.3 is 5.97 Å². The lowest BCUT2D eigenvalue weighted by molar-refractivity contribution is -0.139. The third-order valence-corrected chi connectivity index (χ3v) is 1.94. The Kier molecular flexibility index (Phi) is 6.26. The third kappa shape index (κ3) is 5.05. The zero-order chi connectivity index (χ0) is 11.1. The van der Waals surface area contributed by atoms with Crippen LogP contribution in [-0.2, 0) is 9.53 Å². The SMILES string of the molecule is CCOC(=O)/C(=C/CC(C)C)C(C)C. The summed E-state index contributed by atoms with van der Waals surface area (Å²) in [6.07, 6.45) is 2.94. The van der Waals surface area contributed by atoms with Crippen molar-refractivity contribution in [2.24, 2.45) is 11.8 Å². The highest BCUT2D eigenvalue weighted by atomic mass is 16.5. The molecule has 0 aliphatic heterocycles. The quantitative estimate of drug-likeness (QED) is 0.501. The molecule has 0 saturated heterocycles. The second-order valence-electron chi connectivity index (χ2n) is 4.16. The van der Waals surface area contributed by atoms with Crippen molar-refractivity contribution in [3.8, 4) is 0 Å². The highest BCUT2D eigenvalue weighted by Gasteiger charge is 2.13. The van der Waals surface area contributed by atoms with Gasteiger partial charge in [0.25, 0.3) is 0 Å². The average molecular weight is 198 g/mol. The van der Waals surface area contributed by atoms with Crippen LogP contribution in [-0.4, -0.2) is 12.6 Å². The van der Waals surface area contributed by atoms with Crippen LogP contribution in [0.25, 0.3) is 0 Å². The maximum absolute atomic E-state index is 11.5. The van der Waals surface area contributed by atoms with Crippen molar-refractivity contribution in [2.45, 2.75) is 41.0 Å². The number of rotatable bonds is 5. The van der Waals surface area contributed by atoms with Gasteiger partial charge in [0.2, 0.25) is 0 Å². The van der Waals surface area contributed by atoms with Crippen LogP contribution in [0.5, 0.6) is 0 Å². The van der Waals surface area contributed by atoms with Crippen LogP contribution in [0.15, 0.2) is 11.6 Å². The Balaban J connectivity index is 4.42. The highest BCUT2D eigenvalue weighted by Crippen LogP contribution is 2.14. The molecule has 0 fully saturated rings. The predicted octanol–water partition coefficient (Wildman–Crippen LogP) is 3.18. The summed E-state index contributed by atoms with van der Waals surface area (Å²) in [6, 6.07) is 0. The third-order valence-electron chi connectivity index (χ3n) is 1.94. The summed E-state index contributed by atoms with van der Waals surface area (Å²) in [4.78, 5) is 11.5. The monoisotopic (exact) mass is 198 g/mol. The normalized spacial score (nSPS) is 12.4. The van der Waals surface area contributed by atoms with Crippen molar-refractivity contribution >= 4 is 5.97 Å². The molecule has 82 valence electrons. The van der Waals surface area contributed by atoms with Crippen molar-refractivity contribution in [2.75, 3.05) is 6.61 Å². The number of carbonyl (C=O) groups excluding carboxylic acids is 1. The maximum atomic E-state index is 11.5. The first kappa shape index (κ1) is 13.2. The van der Waals surface area contributed by atoms with E-state index in [-0.39, 0.29) is 11.9 Å². The van der Waals surface area contributed by atoms with E-state index in [9.17, 15) is 4.79 Å². The fourth-order valence-electron chi connectivity index (χ4n) is 1.13. The molecule has 0 amide bonds. The van der Waals surface area contributed by atoms with E-state index in [1.807, 2.05) is 26.8 Å². The first-order valence-electron chi connectivity index (χ1n) is 5.36. The van der Waals surface area contributed by atoms with Gasteiger partial charge in [0.05, 0.1) is 6.61 Å². The number of hydrogen-bond acceptors (Lipinski definition) is 2. The summed E-state index contributed by atoms with van der Waals surface area (Å²) in [7, 11) is 0. The van der Waals surface area contributed by atoms with E-state index in [0.29, 0.717) is 12.5 Å². The Labute approximate surface area is 87.3 Å². The Morgan fingerprint density at radius 1 is 1.29 bits per heavy atom. The predicted molar refractivity (Wildman–Crippen MR) is 59.0 cm³/mol. The van der Waals surface area contributed by atoms with Crippen molar-refractivity contribution in [3.63, 3.8) is 0 Å². The largest absolute Gasteiger partial charge is 0.463 e. The fraction of sp³-hybridized carbons (Fsp3) is 0.750. The van der Waals surface area contributed by atoms with Gasteiger partial charge in [-0.15, -0.1) is 0 Å². The van der Waals surface area contributed by atoms with Crippen LogP contribution in [0.4, 0.5) is 0 Å². The summed E-state index contributed by atoms with van der Waals surface area (Å²) in [5, 5.41) is 0. The van der Waals surface area contributed by atoms with Crippen molar-refractivity contribution < 1.29 is 9.53 Å². The summed E-state index contributed by atoms with van der Waals surface area (Å²) >= 11 is 0. The highest BCUT2D eigenvalue weighted by molar-refractivity contribution is 5.88. The number of carbonyl (C=O) groups is 1. The van der Waals surface area contributed by atoms with Gasteiger partial charge in [0.15, 0.2) is 0 Å². The Morgan fingerprint density at radius 3 is 2.21 bits per heavy atom. The molecule has 0 heterocycles. The van der Waals surface area contributed by atoms with Crippen LogP contribution in [0.1, 0.15) is 41.0 Å². The molecule has 0 rings (SSSR count). The van der Waals surface area contributed by atoms with E-state index in [2.05, 4.69) is 13.8 Å². The lowest BCUT2D eigenvalue weighted by Gasteiger charge is -2.10. The van der Waals surface area contributed by atoms with Gasteiger partial charge in [-0.05, 0) is 25.2 Å². The minimum Gasteiger partial charge on any atom is -0.463 e. The molecule has 0 aliphatic carbocycles. The van der Waals surface area contributed by atoms with Crippen molar-refractivity contribution in [1.82, 2.24) is 0 Å². The summed E-state index contributed by atoms with van der Waals surface area (Å²) in [5.74, 6) is 0.661. The average Bonchev–Trinajstić information content (AvgIpc) is 2.03. The molecule has 0 aromatic heterocycles. The Bertz CT molecular complexity index is 202. The van der Waals surface area contributed by atoms with Crippen LogP contribution in [0.3, 0.4) is 0 Å². The van der Waals surface area contributed by atoms with Crippen molar-refractivity contribution in [3.05, 3.63) is 11.6 Å². The molecule has 0 unspecified atom stereocenters. The molecule has 0 saturated carbocycles. The molecule has 2 nitrogen and oxygen atoms in total. The molecule has 0 bridgehead atoms. The van der Waals surface area contributed by atoms with Crippen molar-refractivity contribution in [1.29, 1.82) is 0 Å². The van der Waals surface area contributed by atoms with Gasteiger partial charge in [-0.2, -0.15) is 0 Å². The summed E-state index contributed by atoms with van der Waals surface area (Å²) in [5.41, 5.74) is 0.806. The standard InChI is InChI=1S/C12H22O2/c1-6-14-12(13)11(10(4)5)8-7-9(2)3/h8-10H,6-7H2,1-5H3/b11-8+. The van der Waals surface area contributed by atoms with Gasteiger partial charge in [-0.1, -0.05) is 33.8 Å². The molecular weight excluding hydrogens is 176 g/mol. The minimum absolute atomic E-state index is 0.164. The van der Waals surface area contributed by atoms with E-state index in [4.69, 9.17) is 4.74 Å². The van der Waals surface area contributed by atoms with Crippen LogP contribution >= 0.6 is 0 Å². The van der Waals surface area contributed by atoms with Crippen LogP contribution in [0.2, 0.25) is 0 Å². The van der Waals surface area contributed by atoms with E-state index in [0.717, 1.165) is 12.0 Å². The van der Waals surface area contributed by atoms with E-state index < -0.39 is 0 Å². The summed E-state index contributed by atoms with van der Waals surface area (Å²) < 4.78 is 4.99. The van der Waals surface area contributed by atoms with Gasteiger partial charge in [-0.3, -0.25) is 0 Å². The molecule has 2 heteroatoms. The zero-order valence-electron chi connectivity index (χ0n) is 9.96. The first-order chi connectivity index (χ1) is 6.49. The zero-order valence-corrected chi connectivity index (χ0v) is 9.96. The molecule has 14 heavy (non-hydrogen) atoms. The van der Waals surface area contributed by atoms with Gasteiger partial charge in [-0.25, -0.2) is 4.79 Å². The van der Waals surface area contributed by atoms with E-state index >= 15 is 0 Å². The van der Waals surface area contributed by atoms with Crippen LogP contribution < -0.4 is 0 Å². The van der Waals surface area contributed by atoms with Gasteiger partial charge in [0.1, 0.15) is 0 Å². The number of esters is 1. The number of ether oxygens (including phenoxy) is 1. The molecule has 0 aromatic rings. The van der Waals surface area contributed by atoms with Gasteiger partial charge < -0.3 is 4.74 Å². The van der Waals surface area contributed by atoms with E-state index in [1.165, 1.54) is 0 Å². The Hall–Kier alpha value is -0.790. The number of allylic oxidation sites excluding steroid dienone is 1. The fourth-order valence-corrected chi connectivity index (χ4v) is 1.13. The second kappa shape index (κ2) is 6.63. The molecule has 0 N–H and O–H groups in total. The van der Waals surface area contributed by atoms with Crippen LogP contribution in [0, 0.1) is 11.8 Å². The molecule has 0 radical (unpaired) electrons. The molecule has 0 aliphatic rings. The molecule has 0 atom stereocenters. The molecular formula is C12H22O2. The minimum atomic E-state index is -0.164. The number of hydrogen-bond donors (Lipinski definition) is 0. The summed E-state index contributed by atoms with van der Waals surface area (Å²) in [6.45, 7) is 10.6. The first-order valence-corrected chi connectivity index (χ1v) is 5.36. The lowest BCUT2D eigenvalue weighted by Crippen LogP contribution is -2.12. The lowest BCUT2D eigenvalue weighted by atomic mass is 9.99. The second-order valence-corrected chi connectivity index (χ2v) is 4.16. The van der Waals surface area contributed by atoms with E-state index in [1.54, 1.807) is 0 Å². The molecule has 0 aromatic carbocycles. The smallest absolute Gasteiger partial charge is 0.333 e. The maximum Gasteiger partial charge on any atom is 0.333 e. The topological polar surface area (TPSA) is 26.3 Å².